The van der Waals surface area contributed by atoms with Gasteiger partial charge in [-0.2, -0.15) is 0 Å². The number of hydrogen-bond acceptors (Lipinski definition) is 3. The van der Waals surface area contributed by atoms with Crippen LogP contribution in [-0.2, 0) is 6.54 Å². The number of aryl methyl sites for hydroxylation is 1. The zero-order valence-corrected chi connectivity index (χ0v) is 9.48. The molecule has 0 bridgehead atoms. The summed E-state index contributed by atoms with van der Waals surface area (Å²) in [5.41, 5.74) is -0.212. The highest BCUT2D eigenvalue weighted by Crippen LogP contribution is 2.04. The van der Waals surface area contributed by atoms with Gasteiger partial charge in [0, 0.05) is 33.0 Å². The summed E-state index contributed by atoms with van der Waals surface area (Å²) < 4.78 is 1.52. The van der Waals surface area contributed by atoms with Crippen LogP contribution in [0.2, 0.25) is 0 Å². The summed E-state index contributed by atoms with van der Waals surface area (Å²) in [7, 11) is -1.20. The molecule has 0 fully saturated rings. The largest absolute Gasteiger partial charge is 0.631 e. The fraction of sp³-hybridized carbons (Fsp3) is 0.400. The Morgan fingerprint density at radius 1 is 1.67 bits per heavy atom. The van der Waals surface area contributed by atoms with E-state index < -0.39 is 7.77 Å². The lowest BCUT2D eigenvalue weighted by molar-refractivity contribution is -0.151. The summed E-state index contributed by atoms with van der Waals surface area (Å²) in [6, 6.07) is 2.66. The molecule has 0 aromatic carbocycles. The molecule has 1 N–H and O–H groups in total. The number of hydrogen-bond donors (Lipinski definition) is 1. The first-order valence-electron chi connectivity index (χ1n) is 4.72. The Morgan fingerprint density at radius 3 is 3.00 bits per heavy atom. The van der Waals surface area contributed by atoms with Gasteiger partial charge >= 0.3 is 0 Å². The molecule has 4 nitrogen and oxygen atoms in total. The fourth-order valence-corrected chi connectivity index (χ4v) is 1.76. The monoisotopic (exact) mass is 227 g/mol. The molecule has 0 saturated heterocycles. The third-order valence-electron chi connectivity index (χ3n) is 1.97. The number of aromatic nitrogens is 1. The highest BCUT2D eigenvalue weighted by molar-refractivity contribution is 7.49. The van der Waals surface area contributed by atoms with Crippen molar-refractivity contribution in [2.45, 2.75) is 19.4 Å². The van der Waals surface area contributed by atoms with Gasteiger partial charge in [-0.05, 0) is 12.5 Å². The number of aromatic hydroxyl groups is 1. The number of rotatable bonds is 4. The van der Waals surface area contributed by atoms with Crippen LogP contribution < -0.4 is 10.5 Å². The van der Waals surface area contributed by atoms with Gasteiger partial charge in [-0.3, -0.25) is 4.79 Å². The molecule has 0 amide bonds. The Hall–Kier alpha value is -1.12. The van der Waals surface area contributed by atoms with Gasteiger partial charge < -0.3 is 14.6 Å². The predicted molar refractivity (Wildman–Crippen MR) is 60.5 cm³/mol. The molecule has 0 aliphatic heterocycles. The van der Waals surface area contributed by atoms with E-state index in [2.05, 4.69) is 0 Å². The molecule has 1 heterocycles. The van der Waals surface area contributed by atoms with Crippen LogP contribution in [0.15, 0.2) is 23.1 Å². The van der Waals surface area contributed by atoms with Crippen LogP contribution >= 0.6 is 7.77 Å². The first-order chi connectivity index (χ1) is 7.09. The summed E-state index contributed by atoms with van der Waals surface area (Å²) >= 11 is 0. The minimum Gasteiger partial charge on any atom is -0.631 e. The molecular weight excluding hydrogens is 213 g/mol. The fourth-order valence-electron chi connectivity index (χ4n) is 1.22. The molecule has 1 atom stereocenters. The first-order valence-corrected chi connectivity index (χ1v) is 6.50. The Morgan fingerprint density at radius 2 is 2.40 bits per heavy atom. The average molecular weight is 227 g/mol. The molecule has 1 aromatic rings. The van der Waals surface area contributed by atoms with E-state index in [9.17, 15) is 9.69 Å². The number of nitrogens with zero attached hydrogens (tertiary/aromatic N) is 1. The van der Waals surface area contributed by atoms with Gasteiger partial charge in [-0.1, -0.05) is 0 Å². The molecule has 0 aliphatic carbocycles. The molecular formula is C10H14NO3P. The first kappa shape index (κ1) is 12.0. The number of unbranched alkanes of at least 4 members (excludes halogenated alkanes) is 1. The second-order valence-corrected chi connectivity index (χ2v) is 4.75. The number of pyridine rings is 1. The van der Waals surface area contributed by atoms with Gasteiger partial charge in [0.05, 0.1) is 12.5 Å². The molecule has 0 spiro atoms. The van der Waals surface area contributed by atoms with Crippen LogP contribution in [0, 0.1) is 0 Å². The molecule has 82 valence electrons. The van der Waals surface area contributed by atoms with E-state index in [0.717, 1.165) is 12.8 Å². The highest BCUT2D eigenvalue weighted by atomic mass is 31.1. The topological polar surface area (TPSA) is 65.3 Å². The van der Waals surface area contributed by atoms with Crippen LogP contribution in [0.1, 0.15) is 12.8 Å². The molecule has 0 saturated carbocycles. The summed E-state index contributed by atoms with van der Waals surface area (Å²) in [6.07, 6.45) is 3.07. The van der Waals surface area contributed by atoms with Gasteiger partial charge in [0.15, 0.2) is 0 Å². The van der Waals surface area contributed by atoms with E-state index >= 15 is 0 Å². The summed E-state index contributed by atoms with van der Waals surface area (Å²) in [4.78, 5) is 22.1. The standard InChI is InChI=1S/C10H14NO3P/c1-15(14)7-3-2-5-11-6-4-9(12)8-10(11)13/h4,6-8,12H,2-3,5H2,1H3. The Labute approximate surface area is 89.3 Å². The van der Waals surface area contributed by atoms with E-state index in [4.69, 9.17) is 5.11 Å². The SMILES string of the molecule is C[P+]([O-])=CCCCn1ccc(O)cc1=O. The summed E-state index contributed by atoms with van der Waals surface area (Å²) in [6.45, 7) is 2.24. The van der Waals surface area contributed by atoms with Crippen LogP contribution in [0.5, 0.6) is 5.75 Å². The molecule has 5 heteroatoms. The lowest BCUT2D eigenvalue weighted by Crippen LogP contribution is -2.17. The summed E-state index contributed by atoms with van der Waals surface area (Å²) in [5, 5.41) is 9.02. The van der Waals surface area contributed by atoms with Crippen molar-refractivity contribution in [3.8, 4) is 5.75 Å². The second kappa shape index (κ2) is 5.69. The maximum absolute atomic E-state index is 11.3. The van der Waals surface area contributed by atoms with Gasteiger partial charge in [-0.25, -0.2) is 0 Å². The van der Waals surface area contributed by atoms with E-state index in [0.29, 0.717) is 6.54 Å². The summed E-state index contributed by atoms with van der Waals surface area (Å²) in [5.74, 6) is 1.74. The lowest BCUT2D eigenvalue weighted by atomic mass is 10.3. The van der Waals surface area contributed by atoms with Crippen molar-refractivity contribution in [3.63, 3.8) is 0 Å². The van der Waals surface area contributed by atoms with Gasteiger partial charge in [0.2, 0.25) is 0 Å². The van der Waals surface area contributed by atoms with Crippen molar-refractivity contribution in [2.75, 3.05) is 6.66 Å². The minimum absolute atomic E-state index is 0.0144. The molecule has 15 heavy (non-hydrogen) atoms. The van der Waals surface area contributed by atoms with Crippen molar-refractivity contribution >= 4 is 13.6 Å². The van der Waals surface area contributed by atoms with Gasteiger partial charge in [0.25, 0.3) is 5.56 Å². The van der Waals surface area contributed by atoms with Crippen LogP contribution in [0.3, 0.4) is 0 Å². The molecule has 1 rings (SSSR count). The van der Waals surface area contributed by atoms with Crippen molar-refractivity contribution in [1.82, 2.24) is 4.57 Å². The zero-order valence-electron chi connectivity index (χ0n) is 8.59. The normalized spacial score (nSPS) is 11.7. The van der Waals surface area contributed by atoms with Crippen LogP contribution in [0.4, 0.5) is 0 Å². The third-order valence-corrected chi connectivity index (χ3v) is 2.74. The Bertz CT molecular complexity index is 407. The average Bonchev–Trinajstić information content (AvgIpc) is 2.14. The molecule has 1 aromatic heterocycles. The maximum atomic E-state index is 11.3. The van der Waals surface area contributed by atoms with Crippen LogP contribution in [-0.4, -0.2) is 22.1 Å². The second-order valence-electron chi connectivity index (χ2n) is 3.29. The van der Waals surface area contributed by atoms with E-state index in [-0.39, 0.29) is 11.3 Å². The lowest BCUT2D eigenvalue weighted by Gasteiger charge is -2.03. The van der Waals surface area contributed by atoms with Crippen LogP contribution in [0.25, 0.3) is 0 Å². The van der Waals surface area contributed by atoms with Crippen molar-refractivity contribution in [1.29, 1.82) is 0 Å². The van der Waals surface area contributed by atoms with Crippen molar-refractivity contribution < 1.29 is 10.00 Å². The third kappa shape index (κ3) is 4.28. The van der Waals surface area contributed by atoms with E-state index in [1.165, 1.54) is 16.7 Å². The molecule has 0 aliphatic rings. The van der Waals surface area contributed by atoms with Gasteiger partial charge in [0.1, 0.15) is 5.75 Å². The molecule has 1 unspecified atom stereocenters. The Kier molecular flexibility index (Phi) is 4.53. The highest BCUT2D eigenvalue weighted by Gasteiger charge is 1.96. The minimum atomic E-state index is -1.20. The zero-order chi connectivity index (χ0) is 11.3. The van der Waals surface area contributed by atoms with Crippen molar-refractivity contribution in [2.24, 2.45) is 0 Å². The van der Waals surface area contributed by atoms with Gasteiger partial charge in [-0.15, -0.1) is 0 Å². The maximum Gasteiger partial charge on any atom is 0.254 e. The predicted octanol–water partition coefficient (Wildman–Crippen LogP) is 0.523. The Balaban J connectivity index is 2.51. The van der Waals surface area contributed by atoms with E-state index in [1.54, 1.807) is 18.7 Å². The van der Waals surface area contributed by atoms with Crippen molar-refractivity contribution in [3.05, 3.63) is 28.7 Å². The molecule has 0 radical (unpaired) electrons. The smallest absolute Gasteiger partial charge is 0.254 e. The quantitative estimate of drug-likeness (QED) is 0.602. The van der Waals surface area contributed by atoms with E-state index in [1.807, 2.05) is 0 Å².